The fourth-order valence-corrected chi connectivity index (χ4v) is 2.23. The largest absolute Gasteiger partial charge is 0.492 e. The van der Waals surface area contributed by atoms with Crippen molar-refractivity contribution in [1.82, 2.24) is 14.7 Å². The van der Waals surface area contributed by atoms with Crippen LogP contribution in [0.4, 0.5) is 0 Å². The first-order chi connectivity index (χ1) is 10.8. The van der Waals surface area contributed by atoms with Crippen LogP contribution in [0.5, 0.6) is 5.75 Å². The molecule has 112 valence electrons. The second-order valence-corrected chi connectivity index (χ2v) is 4.86. The zero-order chi connectivity index (χ0) is 15.2. The number of aromatic nitrogens is 2. The van der Waals surface area contributed by atoms with Gasteiger partial charge in [-0.3, -0.25) is 9.78 Å². The topological polar surface area (TPSA) is 55.6 Å². The van der Waals surface area contributed by atoms with Crippen LogP contribution >= 0.6 is 0 Å². The molecule has 3 rings (SSSR count). The lowest BCUT2D eigenvalue weighted by atomic mass is 10.3. The molecule has 3 aromatic rings. The van der Waals surface area contributed by atoms with E-state index in [0.29, 0.717) is 18.8 Å². The summed E-state index contributed by atoms with van der Waals surface area (Å²) in [6.45, 7) is 1.11. The molecule has 5 nitrogen and oxygen atoms in total. The summed E-state index contributed by atoms with van der Waals surface area (Å²) in [6, 6.07) is 13.3. The number of hydrogen-bond donors (Lipinski definition) is 1. The number of ether oxygens (including phenoxy) is 1. The molecule has 0 bridgehead atoms. The van der Waals surface area contributed by atoms with Gasteiger partial charge in [0.15, 0.2) is 0 Å². The zero-order valence-corrected chi connectivity index (χ0v) is 12.1. The van der Waals surface area contributed by atoms with Gasteiger partial charge in [-0.25, -0.2) is 0 Å². The number of rotatable bonds is 6. The Balaban J connectivity index is 1.47. The van der Waals surface area contributed by atoms with Crippen LogP contribution in [0, 0.1) is 0 Å². The standard InChI is InChI=1S/C17H17N3O2/c21-17(16-8-7-14-5-1-2-11-20(14)16)19-10-4-12-22-15-6-3-9-18-13-15/h1-3,5-9,11,13H,4,10,12H2,(H,19,21). The van der Waals surface area contributed by atoms with Gasteiger partial charge >= 0.3 is 0 Å². The Morgan fingerprint density at radius 2 is 2.14 bits per heavy atom. The molecule has 0 saturated carbocycles. The van der Waals surface area contributed by atoms with Gasteiger partial charge in [0, 0.05) is 24.5 Å². The number of nitrogens with one attached hydrogen (secondary N) is 1. The van der Waals surface area contributed by atoms with Crippen molar-refractivity contribution in [2.75, 3.05) is 13.2 Å². The predicted octanol–water partition coefficient (Wildman–Crippen LogP) is 2.53. The summed E-state index contributed by atoms with van der Waals surface area (Å²) in [7, 11) is 0. The predicted molar refractivity (Wildman–Crippen MR) is 84.1 cm³/mol. The van der Waals surface area contributed by atoms with E-state index in [4.69, 9.17) is 4.74 Å². The van der Waals surface area contributed by atoms with Crippen molar-refractivity contribution in [3.05, 3.63) is 66.7 Å². The number of nitrogens with zero attached hydrogens (tertiary/aromatic N) is 2. The highest BCUT2D eigenvalue weighted by molar-refractivity contribution is 5.93. The summed E-state index contributed by atoms with van der Waals surface area (Å²) in [5, 5.41) is 2.91. The van der Waals surface area contributed by atoms with Crippen molar-refractivity contribution in [2.45, 2.75) is 6.42 Å². The van der Waals surface area contributed by atoms with Crippen LogP contribution < -0.4 is 10.1 Å². The molecular formula is C17H17N3O2. The van der Waals surface area contributed by atoms with E-state index in [1.165, 1.54) is 0 Å². The van der Waals surface area contributed by atoms with Gasteiger partial charge < -0.3 is 14.5 Å². The van der Waals surface area contributed by atoms with Crippen molar-refractivity contribution < 1.29 is 9.53 Å². The SMILES string of the molecule is O=C(NCCCOc1cccnc1)c1ccc2ccccn12. The number of carbonyl (C=O) groups is 1. The molecule has 0 aliphatic heterocycles. The molecule has 1 amide bonds. The Labute approximate surface area is 128 Å². The molecule has 0 atom stereocenters. The van der Waals surface area contributed by atoms with E-state index in [1.807, 2.05) is 53.1 Å². The maximum absolute atomic E-state index is 12.2. The van der Waals surface area contributed by atoms with Crippen LogP contribution in [0.1, 0.15) is 16.9 Å². The second-order valence-electron chi connectivity index (χ2n) is 4.86. The third-order valence-electron chi connectivity index (χ3n) is 3.31. The molecule has 0 aliphatic rings. The first-order valence-electron chi connectivity index (χ1n) is 7.22. The van der Waals surface area contributed by atoms with Crippen LogP contribution in [0.2, 0.25) is 0 Å². The van der Waals surface area contributed by atoms with E-state index in [-0.39, 0.29) is 5.91 Å². The average Bonchev–Trinajstić information content (AvgIpc) is 2.99. The van der Waals surface area contributed by atoms with Crippen LogP contribution in [0.15, 0.2) is 61.1 Å². The number of carbonyl (C=O) groups excluding carboxylic acids is 1. The summed E-state index contributed by atoms with van der Waals surface area (Å²) in [6.07, 6.45) is 6.00. The highest BCUT2D eigenvalue weighted by Crippen LogP contribution is 2.09. The zero-order valence-electron chi connectivity index (χ0n) is 12.1. The Hall–Kier alpha value is -2.82. The third-order valence-corrected chi connectivity index (χ3v) is 3.31. The summed E-state index contributed by atoms with van der Waals surface area (Å²) in [5.41, 5.74) is 1.65. The van der Waals surface area contributed by atoms with Crippen molar-refractivity contribution in [2.24, 2.45) is 0 Å². The van der Waals surface area contributed by atoms with Gasteiger partial charge in [-0.15, -0.1) is 0 Å². The lowest BCUT2D eigenvalue weighted by Gasteiger charge is -2.07. The maximum Gasteiger partial charge on any atom is 0.268 e. The lowest BCUT2D eigenvalue weighted by molar-refractivity contribution is 0.0946. The molecule has 0 fully saturated rings. The van der Waals surface area contributed by atoms with E-state index in [0.717, 1.165) is 17.7 Å². The fraction of sp³-hybridized carbons (Fsp3) is 0.176. The van der Waals surface area contributed by atoms with Gasteiger partial charge in [0.05, 0.1) is 12.8 Å². The van der Waals surface area contributed by atoms with E-state index in [9.17, 15) is 4.79 Å². The van der Waals surface area contributed by atoms with Crippen molar-refractivity contribution >= 4 is 11.4 Å². The Morgan fingerprint density at radius 3 is 3.00 bits per heavy atom. The van der Waals surface area contributed by atoms with Crippen LogP contribution in [0.25, 0.3) is 5.52 Å². The summed E-state index contributed by atoms with van der Waals surface area (Å²) < 4.78 is 7.41. The van der Waals surface area contributed by atoms with Gasteiger partial charge in [0.25, 0.3) is 5.91 Å². The normalized spacial score (nSPS) is 10.5. The quantitative estimate of drug-likeness (QED) is 0.711. The molecule has 0 saturated heterocycles. The highest BCUT2D eigenvalue weighted by atomic mass is 16.5. The summed E-state index contributed by atoms with van der Waals surface area (Å²) in [5.74, 6) is 0.666. The highest BCUT2D eigenvalue weighted by Gasteiger charge is 2.09. The smallest absolute Gasteiger partial charge is 0.268 e. The van der Waals surface area contributed by atoms with E-state index in [2.05, 4.69) is 10.3 Å². The second kappa shape index (κ2) is 6.76. The molecule has 0 aromatic carbocycles. The fourth-order valence-electron chi connectivity index (χ4n) is 2.23. The molecule has 3 heterocycles. The van der Waals surface area contributed by atoms with E-state index < -0.39 is 0 Å². The monoisotopic (exact) mass is 295 g/mol. The number of pyridine rings is 2. The first-order valence-corrected chi connectivity index (χ1v) is 7.22. The van der Waals surface area contributed by atoms with Gasteiger partial charge in [-0.2, -0.15) is 0 Å². The molecule has 5 heteroatoms. The van der Waals surface area contributed by atoms with Crippen molar-refractivity contribution in [1.29, 1.82) is 0 Å². The molecule has 22 heavy (non-hydrogen) atoms. The molecular weight excluding hydrogens is 278 g/mol. The Morgan fingerprint density at radius 1 is 1.18 bits per heavy atom. The molecule has 1 N–H and O–H groups in total. The van der Waals surface area contributed by atoms with Gasteiger partial charge in [0.2, 0.25) is 0 Å². The Kier molecular flexibility index (Phi) is 4.34. The van der Waals surface area contributed by atoms with Crippen LogP contribution in [-0.4, -0.2) is 28.4 Å². The molecule has 0 unspecified atom stereocenters. The van der Waals surface area contributed by atoms with Crippen LogP contribution in [0.3, 0.4) is 0 Å². The van der Waals surface area contributed by atoms with Crippen molar-refractivity contribution in [3.63, 3.8) is 0 Å². The molecule has 0 spiro atoms. The van der Waals surface area contributed by atoms with Crippen molar-refractivity contribution in [3.8, 4) is 5.75 Å². The minimum Gasteiger partial charge on any atom is -0.492 e. The summed E-state index contributed by atoms with van der Waals surface area (Å²) >= 11 is 0. The Bertz CT molecular complexity index is 753. The van der Waals surface area contributed by atoms with E-state index >= 15 is 0 Å². The van der Waals surface area contributed by atoms with Gasteiger partial charge in [0.1, 0.15) is 11.4 Å². The third kappa shape index (κ3) is 3.25. The van der Waals surface area contributed by atoms with Gasteiger partial charge in [-0.05, 0) is 42.8 Å². The van der Waals surface area contributed by atoms with Crippen LogP contribution in [-0.2, 0) is 0 Å². The molecule has 3 aromatic heterocycles. The minimum atomic E-state index is -0.0763. The maximum atomic E-state index is 12.2. The average molecular weight is 295 g/mol. The van der Waals surface area contributed by atoms with Gasteiger partial charge in [-0.1, -0.05) is 6.07 Å². The minimum absolute atomic E-state index is 0.0763. The number of amides is 1. The summed E-state index contributed by atoms with van der Waals surface area (Å²) in [4.78, 5) is 16.1. The number of hydrogen-bond acceptors (Lipinski definition) is 3. The number of fused-ring (bicyclic) bond motifs is 1. The lowest BCUT2D eigenvalue weighted by Crippen LogP contribution is -2.26. The van der Waals surface area contributed by atoms with E-state index in [1.54, 1.807) is 12.4 Å². The molecule has 0 aliphatic carbocycles. The molecule has 0 radical (unpaired) electrons. The first kappa shape index (κ1) is 14.1.